The molecule has 0 saturated heterocycles. The van der Waals surface area contributed by atoms with Gasteiger partial charge in [-0.1, -0.05) is 0 Å². The summed E-state index contributed by atoms with van der Waals surface area (Å²) in [6, 6.07) is -1.45. The van der Waals surface area contributed by atoms with Crippen LogP contribution in [0.1, 0.15) is 6.42 Å². The second-order valence-corrected chi connectivity index (χ2v) is 2.38. The fourth-order valence-electron chi connectivity index (χ4n) is 0.703. The molecule has 70 valence electrons. The molecule has 0 aromatic rings. The van der Waals surface area contributed by atoms with Crippen molar-refractivity contribution in [1.29, 1.82) is 0 Å². The Morgan fingerprint density at radius 3 is 2.17 bits per heavy atom. The molecule has 5 nitrogen and oxygen atoms in total. The minimum absolute atomic E-state index is 0.566. The van der Waals surface area contributed by atoms with Gasteiger partial charge in [-0.2, -0.15) is 0 Å². The number of hydrogen-bond acceptors (Lipinski definition) is 3. The molecule has 1 unspecified atom stereocenters. The average Bonchev–Trinajstić information content (AvgIpc) is 1.98. The molecule has 0 aliphatic heterocycles. The lowest BCUT2D eigenvalue weighted by Crippen LogP contribution is -2.40. The molecule has 0 spiro atoms. The van der Waals surface area contributed by atoms with E-state index in [-0.39, 0.29) is 0 Å². The Bertz CT molecular complexity index is 184. The summed E-state index contributed by atoms with van der Waals surface area (Å²) >= 11 is 0. The maximum Gasteiger partial charge on any atom is 0.320 e. The highest BCUT2D eigenvalue weighted by atomic mass is 19.1. The second kappa shape index (κ2) is 4.66. The highest BCUT2D eigenvalue weighted by Crippen LogP contribution is 2.08. The molecule has 2 atom stereocenters. The van der Waals surface area contributed by atoms with E-state index >= 15 is 0 Å². The van der Waals surface area contributed by atoms with Crippen molar-refractivity contribution in [1.82, 2.24) is 0 Å². The predicted molar refractivity (Wildman–Crippen MR) is 37.3 cm³/mol. The number of carboxylic acids is 2. The number of hydrogen-bond donors (Lipinski definition) is 3. The molecule has 0 aromatic carbocycles. The third kappa shape index (κ3) is 3.29. The first-order valence-corrected chi connectivity index (χ1v) is 3.25. The van der Waals surface area contributed by atoms with Crippen LogP contribution in [0.5, 0.6) is 0 Å². The number of carboxylic acid groups (broad SMARTS) is 2. The molecule has 0 saturated carbocycles. The average molecular weight is 179 g/mol. The van der Waals surface area contributed by atoms with E-state index in [1.165, 1.54) is 0 Å². The number of halogens is 1. The fraction of sp³-hybridized carbons (Fsp3) is 0.667. The van der Waals surface area contributed by atoms with Crippen molar-refractivity contribution in [2.75, 3.05) is 6.67 Å². The van der Waals surface area contributed by atoms with Crippen molar-refractivity contribution >= 4 is 11.9 Å². The van der Waals surface area contributed by atoms with E-state index in [0.29, 0.717) is 0 Å². The van der Waals surface area contributed by atoms with Crippen LogP contribution in [0.2, 0.25) is 0 Å². The summed E-state index contributed by atoms with van der Waals surface area (Å²) in [6.07, 6.45) is -0.566. The van der Waals surface area contributed by atoms with Crippen LogP contribution in [0.4, 0.5) is 4.39 Å². The molecule has 0 aliphatic carbocycles. The standard InChI is InChI=1S/C6H10FNO4/c7-2-3(1-4(9)10)5(8)6(11)12/h3,5H,1-2,8H2,(H,9,10)(H,11,12)/t3?,5-/m0/s1. The summed E-state index contributed by atoms with van der Waals surface area (Å²) in [5.41, 5.74) is 5.02. The normalized spacial score (nSPS) is 15.2. The highest BCUT2D eigenvalue weighted by Gasteiger charge is 2.26. The minimum atomic E-state index is -1.45. The van der Waals surface area contributed by atoms with E-state index in [2.05, 4.69) is 0 Å². The molecular formula is C6H10FNO4. The molecule has 12 heavy (non-hydrogen) atoms. The van der Waals surface area contributed by atoms with Crippen LogP contribution in [0, 0.1) is 5.92 Å². The van der Waals surface area contributed by atoms with Crippen molar-refractivity contribution in [3.63, 3.8) is 0 Å². The Kier molecular flexibility index (Phi) is 4.20. The van der Waals surface area contributed by atoms with Crippen molar-refractivity contribution in [3.8, 4) is 0 Å². The van der Waals surface area contributed by atoms with Gasteiger partial charge in [-0.15, -0.1) is 0 Å². The van der Waals surface area contributed by atoms with E-state index < -0.39 is 37.0 Å². The van der Waals surface area contributed by atoms with Gasteiger partial charge in [0, 0.05) is 5.92 Å². The molecule has 0 aromatic heterocycles. The molecule has 0 rings (SSSR count). The predicted octanol–water partition coefficient (Wildman–Crippen LogP) is -0.541. The quantitative estimate of drug-likeness (QED) is 0.526. The zero-order valence-corrected chi connectivity index (χ0v) is 6.24. The number of alkyl halides is 1. The summed E-state index contributed by atoms with van der Waals surface area (Å²) in [4.78, 5) is 20.3. The maximum absolute atomic E-state index is 12.0. The number of nitrogens with two attached hydrogens (primary N) is 1. The van der Waals surface area contributed by atoms with Gasteiger partial charge in [-0.3, -0.25) is 14.0 Å². The van der Waals surface area contributed by atoms with Crippen LogP contribution in [0.25, 0.3) is 0 Å². The molecule has 0 amide bonds. The van der Waals surface area contributed by atoms with Gasteiger partial charge in [0.05, 0.1) is 13.1 Å². The molecule has 4 N–H and O–H groups in total. The Hall–Kier alpha value is -1.17. The topological polar surface area (TPSA) is 101 Å². The fourth-order valence-corrected chi connectivity index (χ4v) is 0.703. The van der Waals surface area contributed by atoms with Crippen molar-refractivity contribution < 1.29 is 24.2 Å². The van der Waals surface area contributed by atoms with E-state index in [1.54, 1.807) is 0 Å². The summed E-state index contributed by atoms with van der Waals surface area (Å²) in [5, 5.41) is 16.5. The lowest BCUT2D eigenvalue weighted by Gasteiger charge is -2.14. The monoisotopic (exact) mass is 179 g/mol. The van der Waals surface area contributed by atoms with Gasteiger partial charge in [0.15, 0.2) is 0 Å². The Labute approximate surface area is 68.0 Å². The third-order valence-corrected chi connectivity index (χ3v) is 1.43. The largest absolute Gasteiger partial charge is 0.481 e. The SMILES string of the molecule is N[C@H](C(=O)O)C(CF)CC(=O)O. The first-order valence-electron chi connectivity index (χ1n) is 3.25. The molecule has 6 heteroatoms. The van der Waals surface area contributed by atoms with Gasteiger partial charge in [0.2, 0.25) is 0 Å². The summed E-state index contributed by atoms with van der Waals surface area (Å²) in [7, 11) is 0. The van der Waals surface area contributed by atoms with Gasteiger partial charge in [-0.25, -0.2) is 0 Å². The van der Waals surface area contributed by atoms with E-state index in [4.69, 9.17) is 15.9 Å². The van der Waals surface area contributed by atoms with E-state index in [0.717, 1.165) is 0 Å². The van der Waals surface area contributed by atoms with Crippen LogP contribution in [0.15, 0.2) is 0 Å². The second-order valence-electron chi connectivity index (χ2n) is 2.38. The van der Waals surface area contributed by atoms with Crippen molar-refractivity contribution in [2.45, 2.75) is 12.5 Å². The Morgan fingerprint density at radius 1 is 1.42 bits per heavy atom. The van der Waals surface area contributed by atoms with Gasteiger partial charge in [-0.05, 0) is 0 Å². The van der Waals surface area contributed by atoms with Crippen molar-refractivity contribution in [2.24, 2.45) is 11.7 Å². The summed E-state index contributed by atoms with van der Waals surface area (Å²) in [5.74, 6) is -3.80. The van der Waals surface area contributed by atoms with E-state index in [1.807, 2.05) is 0 Å². The number of carbonyl (C=O) groups is 2. The maximum atomic E-state index is 12.0. The number of rotatable bonds is 5. The highest BCUT2D eigenvalue weighted by molar-refractivity contribution is 5.75. The van der Waals surface area contributed by atoms with E-state index in [9.17, 15) is 14.0 Å². The zero-order chi connectivity index (χ0) is 9.72. The molecule has 0 bridgehead atoms. The van der Waals surface area contributed by atoms with Gasteiger partial charge in [0.1, 0.15) is 6.04 Å². The first-order chi connectivity index (χ1) is 5.49. The molecule has 0 radical (unpaired) electrons. The Morgan fingerprint density at radius 2 is 1.92 bits per heavy atom. The molecular weight excluding hydrogens is 169 g/mol. The van der Waals surface area contributed by atoms with Crippen molar-refractivity contribution in [3.05, 3.63) is 0 Å². The van der Waals surface area contributed by atoms with Crippen LogP contribution < -0.4 is 5.73 Å². The smallest absolute Gasteiger partial charge is 0.320 e. The molecule has 0 fully saturated rings. The lowest BCUT2D eigenvalue weighted by molar-refractivity contribution is -0.142. The van der Waals surface area contributed by atoms with Crippen LogP contribution in [-0.4, -0.2) is 34.9 Å². The van der Waals surface area contributed by atoms with Gasteiger partial charge >= 0.3 is 11.9 Å². The number of aliphatic carboxylic acids is 2. The Balaban J connectivity index is 4.14. The minimum Gasteiger partial charge on any atom is -0.481 e. The molecule has 0 heterocycles. The van der Waals surface area contributed by atoms with Crippen LogP contribution >= 0.6 is 0 Å². The lowest BCUT2D eigenvalue weighted by atomic mass is 9.99. The van der Waals surface area contributed by atoms with Crippen LogP contribution in [0.3, 0.4) is 0 Å². The molecule has 0 aliphatic rings. The van der Waals surface area contributed by atoms with Gasteiger partial charge < -0.3 is 15.9 Å². The summed E-state index contributed by atoms with van der Waals surface area (Å²) < 4.78 is 12.0. The van der Waals surface area contributed by atoms with Gasteiger partial charge in [0.25, 0.3) is 0 Å². The third-order valence-electron chi connectivity index (χ3n) is 1.43. The van der Waals surface area contributed by atoms with Crippen LogP contribution in [-0.2, 0) is 9.59 Å². The summed E-state index contributed by atoms with van der Waals surface area (Å²) in [6.45, 7) is -1.04. The zero-order valence-electron chi connectivity index (χ0n) is 6.24. The first kappa shape index (κ1) is 10.8.